The van der Waals surface area contributed by atoms with Gasteiger partial charge >= 0.3 is 0 Å². The summed E-state index contributed by atoms with van der Waals surface area (Å²) in [7, 11) is 0. The zero-order valence-electron chi connectivity index (χ0n) is 15.6. The maximum atomic E-state index is 6.29. The van der Waals surface area contributed by atoms with Crippen molar-refractivity contribution in [3.05, 3.63) is 124 Å². The highest BCUT2D eigenvalue weighted by Gasteiger charge is 2.51. The molecule has 3 aromatic carbocycles. The molecule has 0 fully saturated rings. The molecule has 0 aromatic heterocycles. The minimum absolute atomic E-state index is 0.430. The van der Waals surface area contributed by atoms with E-state index < -0.39 is 5.41 Å². The normalized spacial score (nSPS) is 19.4. The van der Waals surface area contributed by atoms with Gasteiger partial charge in [0.2, 0.25) is 0 Å². The topological polar surface area (TPSA) is 9.23 Å². The highest BCUT2D eigenvalue weighted by molar-refractivity contribution is 9.10. The lowest BCUT2D eigenvalue weighted by Crippen LogP contribution is -2.34. The van der Waals surface area contributed by atoms with Gasteiger partial charge in [0.1, 0.15) is 11.5 Å². The highest BCUT2D eigenvalue weighted by atomic mass is 79.9. The lowest BCUT2D eigenvalue weighted by Gasteiger charge is -2.39. The Morgan fingerprint density at radius 3 is 2.39 bits per heavy atom. The van der Waals surface area contributed by atoms with Crippen molar-refractivity contribution in [2.75, 3.05) is 0 Å². The van der Waals surface area contributed by atoms with Gasteiger partial charge in [-0.25, -0.2) is 0 Å². The van der Waals surface area contributed by atoms with Crippen LogP contribution in [0.1, 0.15) is 23.6 Å². The van der Waals surface area contributed by atoms with Crippen molar-refractivity contribution in [3.63, 3.8) is 0 Å². The molecule has 1 atom stereocenters. The molecule has 136 valence electrons. The summed E-state index contributed by atoms with van der Waals surface area (Å²) >= 11 is 3.81. The van der Waals surface area contributed by atoms with Gasteiger partial charge in [-0.05, 0) is 41.8 Å². The molecule has 1 heterocycles. The molecule has 3 aromatic rings. The van der Waals surface area contributed by atoms with Gasteiger partial charge in [-0.1, -0.05) is 89.3 Å². The van der Waals surface area contributed by atoms with Crippen LogP contribution in [0, 0.1) is 0 Å². The van der Waals surface area contributed by atoms with Gasteiger partial charge in [-0.3, -0.25) is 0 Å². The largest absolute Gasteiger partial charge is 0.457 e. The van der Waals surface area contributed by atoms with Crippen LogP contribution < -0.4 is 4.74 Å². The Hall–Kier alpha value is -2.84. The van der Waals surface area contributed by atoms with Crippen molar-refractivity contribution in [1.29, 1.82) is 0 Å². The van der Waals surface area contributed by atoms with Crippen molar-refractivity contribution >= 4 is 15.9 Å². The van der Waals surface area contributed by atoms with Gasteiger partial charge < -0.3 is 4.74 Å². The summed E-state index contributed by atoms with van der Waals surface area (Å²) in [5, 5.41) is 0. The molecule has 28 heavy (non-hydrogen) atoms. The van der Waals surface area contributed by atoms with Crippen molar-refractivity contribution < 1.29 is 4.74 Å². The standard InChI is InChI=1S/C26H19BrO/c1-3-10-19-23(4-2)28-24-16-8-7-13-20(24)26(19)18-12-6-5-11-17(18)25-21(26)14-9-15-22(25)27/h3-16H,2H2,1H3/b10-3-. The van der Waals surface area contributed by atoms with Crippen molar-refractivity contribution in [2.24, 2.45) is 0 Å². The molecular weight excluding hydrogens is 408 g/mol. The summed E-state index contributed by atoms with van der Waals surface area (Å²) in [6.07, 6.45) is 6.07. The van der Waals surface area contributed by atoms with E-state index in [1.54, 1.807) is 0 Å². The van der Waals surface area contributed by atoms with Gasteiger partial charge in [0.05, 0.1) is 5.41 Å². The van der Waals surface area contributed by atoms with E-state index in [2.05, 4.69) is 89.3 Å². The molecule has 1 nitrogen and oxygen atoms in total. The fraction of sp³-hybridized carbons (Fsp3) is 0.0769. The minimum Gasteiger partial charge on any atom is -0.457 e. The smallest absolute Gasteiger partial charge is 0.132 e. The number of rotatable bonds is 2. The van der Waals surface area contributed by atoms with Gasteiger partial charge in [0, 0.05) is 21.2 Å². The summed E-state index contributed by atoms with van der Waals surface area (Å²) in [6.45, 7) is 6.09. The summed E-state index contributed by atoms with van der Waals surface area (Å²) in [5.74, 6) is 1.69. The average molecular weight is 427 g/mol. The van der Waals surface area contributed by atoms with Crippen LogP contribution >= 0.6 is 15.9 Å². The molecule has 0 bridgehead atoms. The van der Waals surface area contributed by atoms with Gasteiger partial charge in [0.15, 0.2) is 0 Å². The number of halogens is 1. The van der Waals surface area contributed by atoms with Crippen LogP contribution in [0.25, 0.3) is 11.1 Å². The maximum Gasteiger partial charge on any atom is 0.132 e. The van der Waals surface area contributed by atoms with E-state index in [0.29, 0.717) is 0 Å². The van der Waals surface area contributed by atoms with Gasteiger partial charge in [0.25, 0.3) is 0 Å². The molecular formula is C26H19BrO. The van der Waals surface area contributed by atoms with Crippen LogP contribution in [0.4, 0.5) is 0 Å². The average Bonchev–Trinajstić information content (AvgIpc) is 3.02. The Kier molecular flexibility index (Phi) is 3.92. The number of hydrogen-bond acceptors (Lipinski definition) is 1. The molecule has 1 aliphatic heterocycles. The molecule has 5 rings (SSSR count). The van der Waals surface area contributed by atoms with Crippen LogP contribution in [0.15, 0.2) is 107 Å². The Morgan fingerprint density at radius 1 is 0.893 bits per heavy atom. The first-order valence-electron chi connectivity index (χ1n) is 9.39. The summed E-state index contributed by atoms with van der Waals surface area (Å²) in [5.41, 5.74) is 6.91. The summed E-state index contributed by atoms with van der Waals surface area (Å²) < 4.78 is 7.40. The van der Waals surface area contributed by atoms with E-state index in [1.165, 1.54) is 22.3 Å². The zero-order valence-corrected chi connectivity index (χ0v) is 17.2. The van der Waals surface area contributed by atoms with Crippen LogP contribution in [-0.2, 0) is 5.41 Å². The van der Waals surface area contributed by atoms with Crippen molar-refractivity contribution in [2.45, 2.75) is 12.3 Å². The van der Waals surface area contributed by atoms with E-state index in [4.69, 9.17) is 4.74 Å². The molecule has 1 aliphatic carbocycles. The highest BCUT2D eigenvalue weighted by Crippen LogP contribution is 2.61. The predicted octanol–water partition coefficient (Wildman–Crippen LogP) is 7.17. The number of fused-ring (bicyclic) bond motifs is 7. The summed E-state index contributed by atoms with van der Waals surface area (Å²) in [4.78, 5) is 0. The summed E-state index contributed by atoms with van der Waals surface area (Å²) in [6, 6.07) is 23.5. The first kappa shape index (κ1) is 17.3. The minimum atomic E-state index is -0.430. The first-order chi connectivity index (χ1) is 13.7. The third-order valence-electron chi connectivity index (χ3n) is 5.72. The monoisotopic (exact) mass is 426 g/mol. The molecule has 2 heteroatoms. The second-order valence-electron chi connectivity index (χ2n) is 7.04. The Morgan fingerprint density at radius 2 is 1.61 bits per heavy atom. The van der Waals surface area contributed by atoms with Crippen molar-refractivity contribution in [1.82, 2.24) is 0 Å². The maximum absolute atomic E-state index is 6.29. The molecule has 0 saturated carbocycles. The third kappa shape index (κ3) is 2.07. The number of para-hydroxylation sites is 1. The van der Waals surface area contributed by atoms with Crippen molar-refractivity contribution in [3.8, 4) is 16.9 Å². The zero-order chi connectivity index (χ0) is 19.3. The molecule has 0 amide bonds. The molecule has 2 aliphatic rings. The van der Waals surface area contributed by atoms with E-state index in [9.17, 15) is 0 Å². The molecule has 0 saturated heterocycles. The van der Waals surface area contributed by atoms with E-state index in [0.717, 1.165) is 27.1 Å². The van der Waals surface area contributed by atoms with Crippen LogP contribution in [0.2, 0.25) is 0 Å². The Balaban J connectivity index is 2.04. The lowest BCUT2D eigenvalue weighted by molar-refractivity contribution is 0.403. The lowest BCUT2D eigenvalue weighted by atomic mass is 9.65. The van der Waals surface area contributed by atoms with Gasteiger partial charge in [-0.2, -0.15) is 0 Å². The third-order valence-corrected chi connectivity index (χ3v) is 6.38. The molecule has 0 radical (unpaired) electrons. The fourth-order valence-electron chi connectivity index (χ4n) is 4.76. The molecule has 0 N–H and O–H groups in total. The van der Waals surface area contributed by atoms with E-state index >= 15 is 0 Å². The van der Waals surface area contributed by atoms with Crippen LogP contribution in [-0.4, -0.2) is 0 Å². The number of benzene rings is 3. The van der Waals surface area contributed by atoms with Gasteiger partial charge in [-0.15, -0.1) is 0 Å². The van der Waals surface area contributed by atoms with E-state index in [-0.39, 0.29) is 0 Å². The SMILES string of the molecule is C=CC1=C(/C=C\C)C2(c3ccccc3O1)c1ccccc1-c1c(Br)cccc12. The second kappa shape index (κ2) is 6.35. The molecule has 1 spiro atoms. The number of allylic oxidation sites excluding steroid dienone is 4. The molecule has 1 unspecified atom stereocenters. The fourth-order valence-corrected chi connectivity index (χ4v) is 5.34. The van der Waals surface area contributed by atoms with E-state index in [1.807, 2.05) is 25.1 Å². The second-order valence-corrected chi connectivity index (χ2v) is 7.89. The Bertz CT molecular complexity index is 1180. The quantitative estimate of drug-likeness (QED) is 0.421. The number of hydrogen-bond donors (Lipinski definition) is 0. The van der Waals surface area contributed by atoms with Crippen LogP contribution in [0.5, 0.6) is 5.75 Å². The Labute approximate surface area is 173 Å². The first-order valence-corrected chi connectivity index (χ1v) is 10.2. The number of ether oxygens (including phenoxy) is 1. The predicted molar refractivity (Wildman–Crippen MR) is 119 cm³/mol. The van der Waals surface area contributed by atoms with Crippen LogP contribution in [0.3, 0.4) is 0 Å².